The average molecular weight is 400 g/mol. The second-order valence-corrected chi connectivity index (χ2v) is 8.20. The third kappa shape index (κ3) is 2.41. The Labute approximate surface area is 172 Å². The number of hydrogen-bond donors (Lipinski definition) is 1. The molecule has 30 heavy (non-hydrogen) atoms. The normalized spacial score (nSPS) is 15.9. The number of nitrogens with zero attached hydrogens (tertiary/aromatic N) is 3. The van der Waals surface area contributed by atoms with Crippen LogP contribution in [0.3, 0.4) is 0 Å². The molecular weight excluding hydrogens is 380 g/mol. The summed E-state index contributed by atoms with van der Waals surface area (Å²) in [7, 11) is 0. The standard InChI is InChI=1S/C23H20N4O3/c1-13-7-10-24-21-19(13)26-22(28)27(21)15-4-6-17(25-11-15)30-16-5-3-14(2)20-18(16)23(8-9-23)12-29-20/h3-7,10-11H,8-9,12H2,1-2H3,(H,26,28). The van der Waals surface area contributed by atoms with Crippen LogP contribution in [0.15, 0.2) is 47.5 Å². The van der Waals surface area contributed by atoms with E-state index in [1.54, 1.807) is 18.5 Å². The van der Waals surface area contributed by atoms with Gasteiger partial charge in [0.05, 0.1) is 24.0 Å². The SMILES string of the molecule is Cc1ccc(Oc2ccc(-n3c(=O)[nH]c4c(C)ccnc43)cn2)c2c1OCC21CC1. The first kappa shape index (κ1) is 17.3. The van der Waals surface area contributed by atoms with Crippen LogP contribution in [0.25, 0.3) is 16.9 Å². The van der Waals surface area contributed by atoms with Crippen molar-refractivity contribution >= 4 is 11.2 Å². The van der Waals surface area contributed by atoms with E-state index in [0.29, 0.717) is 17.2 Å². The number of aromatic amines is 1. The van der Waals surface area contributed by atoms with Crippen molar-refractivity contribution in [2.75, 3.05) is 6.61 Å². The highest BCUT2D eigenvalue weighted by Gasteiger charge is 2.53. The molecule has 4 aromatic rings. The first-order valence-corrected chi connectivity index (χ1v) is 10.0. The van der Waals surface area contributed by atoms with Gasteiger partial charge in [0.15, 0.2) is 5.65 Å². The second-order valence-electron chi connectivity index (χ2n) is 8.20. The van der Waals surface area contributed by atoms with Crippen LogP contribution in [-0.4, -0.2) is 26.1 Å². The van der Waals surface area contributed by atoms with Crippen LogP contribution in [0.5, 0.6) is 17.4 Å². The van der Waals surface area contributed by atoms with Crippen molar-refractivity contribution in [3.05, 3.63) is 69.9 Å². The molecule has 3 aromatic heterocycles. The average Bonchev–Trinajstić information content (AvgIpc) is 3.29. The number of aromatic nitrogens is 4. The highest BCUT2D eigenvalue weighted by molar-refractivity contribution is 5.76. The molecule has 0 atom stereocenters. The first-order chi connectivity index (χ1) is 14.6. The van der Waals surface area contributed by atoms with E-state index >= 15 is 0 Å². The van der Waals surface area contributed by atoms with E-state index in [1.165, 1.54) is 10.1 Å². The van der Waals surface area contributed by atoms with Crippen LogP contribution in [0.1, 0.15) is 29.5 Å². The van der Waals surface area contributed by atoms with Gasteiger partial charge < -0.3 is 14.5 Å². The lowest BCUT2D eigenvalue weighted by Gasteiger charge is -2.13. The zero-order chi connectivity index (χ0) is 20.5. The fourth-order valence-corrected chi connectivity index (χ4v) is 4.31. The summed E-state index contributed by atoms with van der Waals surface area (Å²) in [5.41, 5.74) is 5.07. The number of fused-ring (bicyclic) bond motifs is 3. The fraction of sp³-hybridized carbons (Fsp3) is 0.261. The second kappa shape index (κ2) is 5.95. The molecule has 1 spiro atoms. The Bertz CT molecular complexity index is 1360. The van der Waals surface area contributed by atoms with Gasteiger partial charge in [0.1, 0.15) is 11.5 Å². The third-order valence-electron chi connectivity index (χ3n) is 6.17. The molecule has 1 aromatic carbocycles. The predicted molar refractivity (Wildman–Crippen MR) is 112 cm³/mol. The Balaban J connectivity index is 1.37. The molecule has 1 aliphatic heterocycles. The number of pyridine rings is 2. The molecule has 6 rings (SSSR count). The number of hydrogen-bond acceptors (Lipinski definition) is 5. The van der Waals surface area contributed by atoms with Crippen molar-refractivity contribution in [3.8, 4) is 23.1 Å². The van der Waals surface area contributed by atoms with E-state index < -0.39 is 0 Å². The van der Waals surface area contributed by atoms with E-state index in [1.807, 2.05) is 31.2 Å². The maximum absolute atomic E-state index is 12.5. The molecule has 0 saturated heterocycles. The van der Waals surface area contributed by atoms with Gasteiger partial charge in [-0.3, -0.25) is 0 Å². The van der Waals surface area contributed by atoms with Crippen molar-refractivity contribution in [1.29, 1.82) is 0 Å². The quantitative estimate of drug-likeness (QED) is 0.563. The Morgan fingerprint density at radius 1 is 1.10 bits per heavy atom. The molecule has 7 nitrogen and oxygen atoms in total. The Morgan fingerprint density at radius 2 is 1.97 bits per heavy atom. The van der Waals surface area contributed by atoms with Crippen LogP contribution in [0.4, 0.5) is 0 Å². The summed E-state index contributed by atoms with van der Waals surface area (Å²) < 4.78 is 13.7. The van der Waals surface area contributed by atoms with Crippen LogP contribution in [0.2, 0.25) is 0 Å². The van der Waals surface area contributed by atoms with E-state index in [9.17, 15) is 4.79 Å². The Hall–Kier alpha value is -3.61. The highest BCUT2D eigenvalue weighted by Crippen LogP contribution is 2.59. The number of benzene rings is 1. The molecular formula is C23H20N4O3. The molecule has 1 N–H and O–H groups in total. The monoisotopic (exact) mass is 400 g/mol. The van der Waals surface area contributed by atoms with E-state index in [2.05, 4.69) is 21.9 Å². The van der Waals surface area contributed by atoms with Gasteiger partial charge in [-0.15, -0.1) is 0 Å². The van der Waals surface area contributed by atoms with Crippen molar-refractivity contribution in [1.82, 2.24) is 19.5 Å². The summed E-state index contributed by atoms with van der Waals surface area (Å²) in [6.07, 6.45) is 5.58. The summed E-state index contributed by atoms with van der Waals surface area (Å²) in [5.74, 6) is 2.23. The molecule has 7 heteroatoms. The lowest BCUT2D eigenvalue weighted by atomic mass is 9.95. The maximum atomic E-state index is 12.5. The number of nitrogens with one attached hydrogen (secondary N) is 1. The number of aryl methyl sites for hydroxylation is 2. The number of imidazole rings is 1. The lowest BCUT2D eigenvalue weighted by Crippen LogP contribution is -2.15. The zero-order valence-electron chi connectivity index (χ0n) is 16.7. The van der Waals surface area contributed by atoms with Gasteiger partial charge in [-0.25, -0.2) is 19.3 Å². The predicted octanol–water partition coefficient (Wildman–Crippen LogP) is 3.94. The first-order valence-electron chi connectivity index (χ1n) is 10.0. The molecule has 0 unspecified atom stereocenters. The molecule has 0 radical (unpaired) electrons. The molecule has 1 fully saturated rings. The summed E-state index contributed by atoms with van der Waals surface area (Å²) in [4.78, 5) is 24.2. The molecule has 1 aliphatic carbocycles. The van der Waals surface area contributed by atoms with Crippen molar-refractivity contribution < 1.29 is 9.47 Å². The summed E-state index contributed by atoms with van der Waals surface area (Å²) in [6, 6.07) is 9.48. The van der Waals surface area contributed by atoms with Gasteiger partial charge in [0.2, 0.25) is 5.88 Å². The number of H-pyrrole nitrogens is 1. The summed E-state index contributed by atoms with van der Waals surface area (Å²) >= 11 is 0. The summed E-state index contributed by atoms with van der Waals surface area (Å²) in [6.45, 7) is 4.73. The van der Waals surface area contributed by atoms with Gasteiger partial charge in [-0.1, -0.05) is 6.07 Å². The van der Waals surface area contributed by atoms with Gasteiger partial charge in [0, 0.05) is 23.2 Å². The van der Waals surface area contributed by atoms with Crippen molar-refractivity contribution in [3.63, 3.8) is 0 Å². The van der Waals surface area contributed by atoms with E-state index in [4.69, 9.17) is 9.47 Å². The third-order valence-corrected chi connectivity index (χ3v) is 6.17. The van der Waals surface area contributed by atoms with Crippen molar-refractivity contribution in [2.45, 2.75) is 32.1 Å². The smallest absolute Gasteiger partial charge is 0.332 e. The van der Waals surface area contributed by atoms with Crippen LogP contribution >= 0.6 is 0 Å². The van der Waals surface area contributed by atoms with Gasteiger partial charge in [-0.2, -0.15) is 0 Å². The Kier molecular flexibility index (Phi) is 3.42. The maximum Gasteiger partial charge on any atom is 0.332 e. The van der Waals surface area contributed by atoms with Crippen LogP contribution in [-0.2, 0) is 5.41 Å². The van der Waals surface area contributed by atoms with E-state index in [-0.39, 0.29) is 11.1 Å². The molecule has 0 bridgehead atoms. The molecule has 2 aliphatic rings. The molecule has 1 saturated carbocycles. The fourth-order valence-electron chi connectivity index (χ4n) is 4.31. The van der Waals surface area contributed by atoms with Crippen LogP contribution < -0.4 is 15.2 Å². The molecule has 4 heterocycles. The lowest BCUT2D eigenvalue weighted by molar-refractivity contribution is 0.322. The van der Waals surface area contributed by atoms with E-state index in [0.717, 1.165) is 47.6 Å². The molecule has 0 amide bonds. The van der Waals surface area contributed by atoms with Gasteiger partial charge >= 0.3 is 5.69 Å². The number of ether oxygens (including phenoxy) is 2. The van der Waals surface area contributed by atoms with Gasteiger partial charge in [-0.05, 0) is 56.0 Å². The zero-order valence-corrected chi connectivity index (χ0v) is 16.7. The van der Waals surface area contributed by atoms with Crippen molar-refractivity contribution in [2.24, 2.45) is 0 Å². The summed E-state index contributed by atoms with van der Waals surface area (Å²) in [5, 5.41) is 0. The number of rotatable bonds is 3. The Morgan fingerprint density at radius 3 is 2.73 bits per heavy atom. The minimum atomic E-state index is -0.244. The largest absolute Gasteiger partial charge is 0.492 e. The van der Waals surface area contributed by atoms with Crippen LogP contribution in [0, 0.1) is 13.8 Å². The molecule has 150 valence electrons. The minimum Gasteiger partial charge on any atom is -0.492 e. The minimum absolute atomic E-state index is 0.109. The van der Waals surface area contributed by atoms with Gasteiger partial charge in [0.25, 0.3) is 0 Å². The highest BCUT2D eigenvalue weighted by atomic mass is 16.5. The topological polar surface area (TPSA) is 82.0 Å².